The fourth-order valence-electron chi connectivity index (χ4n) is 7.99. The van der Waals surface area contributed by atoms with Crippen LogP contribution in [0, 0.1) is 17.7 Å². The lowest BCUT2D eigenvalue weighted by atomic mass is 9.69. The summed E-state index contributed by atoms with van der Waals surface area (Å²) in [5, 5.41) is 3.50. The molecule has 0 bridgehead atoms. The standard InChI is InChI=1S/C32H41FN2O2/c1-22-17-26-13-8-14-28(33)30(26)32(21-37-22)20-34-19-27(32)31(36)35-16-15-25(23-9-4-2-5-10-23)18-29(35)24-11-6-3-7-12-24/h2,4-5,8-10,13-14,22,24-25,27,29,34H,3,6-7,11-12,15-21H2,1H3/t22-,25+,27-,29-,32-/m0/s1. The Labute approximate surface area is 221 Å². The third-order valence-electron chi connectivity index (χ3n) is 9.88. The van der Waals surface area contributed by atoms with Gasteiger partial charge in [-0.05, 0) is 68.1 Å². The molecule has 6 rings (SSSR count). The lowest BCUT2D eigenvalue weighted by Crippen LogP contribution is -2.55. The minimum Gasteiger partial charge on any atom is -0.377 e. The molecule has 4 aliphatic rings. The van der Waals surface area contributed by atoms with Gasteiger partial charge in [-0.15, -0.1) is 0 Å². The molecule has 3 heterocycles. The number of fused-ring (bicyclic) bond motifs is 2. The fourth-order valence-corrected chi connectivity index (χ4v) is 7.99. The van der Waals surface area contributed by atoms with Crippen molar-refractivity contribution >= 4 is 5.91 Å². The van der Waals surface area contributed by atoms with Crippen LogP contribution in [0.3, 0.4) is 0 Å². The highest BCUT2D eigenvalue weighted by Crippen LogP contribution is 2.45. The molecular weight excluding hydrogens is 463 g/mol. The maximum atomic E-state index is 15.6. The van der Waals surface area contributed by atoms with Crippen LogP contribution >= 0.6 is 0 Å². The third-order valence-corrected chi connectivity index (χ3v) is 9.88. The van der Waals surface area contributed by atoms with Crippen LogP contribution in [0.15, 0.2) is 48.5 Å². The van der Waals surface area contributed by atoms with Gasteiger partial charge in [-0.25, -0.2) is 4.39 Å². The molecule has 4 nitrogen and oxygen atoms in total. The molecule has 3 aliphatic heterocycles. The Hall–Kier alpha value is -2.24. The number of nitrogens with one attached hydrogen (secondary N) is 1. The Kier molecular flexibility index (Phi) is 7.11. The lowest BCUT2D eigenvalue weighted by molar-refractivity contribution is -0.144. The number of nitrogens with zero attached hydrogens (tertiary/aromatic N) is 1. The largest absolute Gasteiger partial charge is 0.377 e. The predicted octanol–water partition coefficient (Wildman–Crippen LogP) is 5.60. The average Bonchev–Trinajstić information content (AvgIpc) is 3.30. The molecule has 3 fully saturated rings. The van der Waals surface area contributed by atoms with Gasteiger partial charge in [0.05, 0.1) is 18.6 Å². The van der Waals surface area contributed by atoms with Gasteiger partial charge < -0.3 is 15.0 Å². The summed E-state index contributed by atoms with van der Waals surface area (Å²) in [5.41, 5.74) is 2.46. The maximum Gasteiger partial charge on any atom is 0.228 e. The van der Waals surface area contributed by atoms with Crippen molar-refractivity contribution in [3.63, 3.8) is 0 Å². The van der Waals surface area contributed by atoms with E-state index < -0.39 is 5.41 Å². The van der Waals surface area contributed by atoms with Crippen LogP contribution in [0.2, 0.25) is 0 Å². The van der Waals surface area contributed by atoms with E-state index in [1.54, 1.807) is 12.1 Å². The summed E-state index contributed by atoms with van der Waals surface area (Å²) in [7, 11) is 0. The zero-order valence-corrected chi connectivity index (χ0v) is 22.1. The topological polar surface area (TPSA) is 41.6 Å². The van der Waals surface area contributed by atoms with Crippen molar-refractivity contribution < 1.29 is 13.9 Å². The molecule has 0 aromatic heterocycles. The molecule has 198 valence electrons. The molecule has 2 aromatic rings. The number of rotatable bonds is 3. The molecule has 1 amide bonds. The van der Waals surface area contributed by atoms with Crippen molar-refractivity contribution in [2.75, 3.05) is 26.2 Å². The number of carbonyl (C=O) groups is 1. The van der Waals surface area contributed by atoms with E-state index in [9.17, 15) is 4.79 Å². The van der Waals surface area contributed by atoms with Crippen molar-refractivity contribution in [1.82, 2.24) is 10.2 Å². The molecule has 5 atom stereocenters. The van der Waals surface area contributed by atoms with Gasteiger partial charge in [0.1, 0.15) is 5.82 Å². The van der Waals surface area contributed by atoms with Gasteiger partial charge in [-0.3, -0.25) is 4.79 Å². The normalized spacial score (nSPS) is 32.8. The number of amides is 1. The van der Waals surface area contributed by atoms with Crippen molar-refractivity contribution in [1.29, 1.82) is 0 Å². The monoisotopic (exact) mass is 504 g/mol. The SMILES string of the molecule is C[C@H]1Cc2cccc(F)c2[C@@]2(CNC[C@H]2C(=O)N2CC[C@@H](c3ccccc3)C[C@H]2C2CCCCC2)CO1. The van der Waals surface area contributed by atoms with E-state index in [2.05, 4.69) is 47.5 Å². The molecule has 1 saturated carbocycles. The molecular formula is C32H41FN2O2. The fraction of sp³-hybridized carbons (Fsp3) is 0.594. The maximum absolute atomic E-state index is 15.6. The quantitative estimate of drug-likeness (QED) is 0.592. The second-order valence-electron chi connectivity index (χ2n) is 12.1. The zero-order valence-electron chi connectivity index (χ0n) is 22.1. The van der Waals surface area contributed by atoms with Crippen LogP contribution in [0.1, 0.15) is 74.5 Å². The van der Waals surface area contributed by atoms with Crippen molar-refractivity contribution in [3.8, 4) is 0 Å². The Morgan fingerprint density at radius 1 is 1.05 bits per heavy atom. The van der Waals surface area contributed by atoms with Crippen molar-refractivity contribution in [2.24, 2.45) is 11.8 Å². The van der Waals surface area contributed by atoms with E-state index in [4.69, 9.17) is 4.74 Å². The molecule has 0 unspecified atom stereocenters. The molecule has 2 aromatic carbocycles. The molecule has 37 heavy (non-hydrogen) atoms. The second kappa shape index (κ2) is 10.5. The first-order chi connectivity index (χ1) is 18.1. The second-order valence-corrected chi connectivity index (χ2v) is 12.1. The van der Waals surface area contributed by atoms with Crippen LogP contribution in [-0.2, 0) is 21.4 Å². The van der Waals surface area contributed by atoms with Crippen LogP contribution < -0.4 is 5.32 Å². The van der Waals surface area contributed by atoms with E-state index >= 15 is 4.39 Å². The van der Waals surface area contributed by atoms with Crippen LogP contribution in [0.4, 0.5) is 4.39 Å². The summed E-state index contributed by atoms with van der Waals surface area (Å²) >= 11 is 0. The van der Waals surface area contributed by atoms with Crippen molar-refractivity contribution in [3.05, 3.63) is 71.0 Å². The number of hydrogen-bond donors (Lipinski definition) is 1. The summed E-state index contributed by atoms with van der Waals surface area (Å²) in [6.07, 6.45) is 8.97. The first kappa shape index (κ1) is 25.1. The van der Waals surface area contributed by atoms with Crippen LogP contribution in [0.5, 0.6) is 0 Å². The Morgan fingerprint density at radius 2 is 1.86 bits per heavy atom. The van der Waals surface area contributed by atoms with Gasteiger partial charge in [0.2, 0.25) is 5.91 Å². The Morgan fingerprint density at radius 3 is 2.68 bits per heavy atom. The number of carbonyl (C=O) groups excluding carboxylic acids is 1. The van der Waals surface area contributed by atoms with E-state index in [0.29, 0.717) is 38.0 Å². The van der Waals surface area contributed by atoms with Crippen LogP contribution in [0.25, 0.3) is 0 Å². The van der Waals surface area contributed by atoms with Gasteiger partial charge >= 0.3 is 0 Å². The van der Waals surface area contributed by atoms with Crippen LogP contribution in [-0.4, -0.2) is 49.2 Å². The Bertz CT molecular complexity index is 1100. The number of likely N-dealkylation sites (tertiary alicyclic amines) is 1. The summed E-state index contributed by atoms with van der Waals surface area (Å²) in [6, 6.07) is 16.5. The summed E-state index contributed by atoms with van der Waals surface area (Å²) < 4.78 is 21.8. The van der Waals surface area contributed by atoms with Gasteiger partial charge in [-0.2, -0.15) is 0 Å². The van der Waals surface area contributed by atoms with E-state index in [-0.39, 0.29) is 29.8 Å². The van der Waals surface area contributed by atoms with E-state index in [1.807, 2.05) is 6.07 Å². The average molecular weight is 505 g/mol. The van der Waals surface area contributed by atoms with Gasteiger partial charge in [0.25, 0.3) is 0 Å². The summed E-state index contributed by atoms with van der Waals surface area (Å²) in [5.74, 6) is 0.757. The summed E-state index contributed by atoms with van der Waals surface area (Å²) in [4.78, 5) is 16.8. The highest BCUT2D eigenvalue weighted by molar-refractivity contribution is 5.82. The number of hydrogen-bond acceptors (Lipinski definition) is 3. The number of benzene rings is 2. The van der Waals surface area contributed by atoms with Crippen molar-refractivity contribution in [2.45, 2.75) is 81.8 Å². The highest BCUT2D eigenvalue weighted by atomic mass is 19.1. The van der Waals surface area contributed by atoms with E-state index in [0.717, 1.165) is 30.5 Å². The first-order valence-electron chi connectivity index (χ1n) is 14.5. The van der Waals surface area contributed by atoms with Gasteiger partial charge in [0.15, 0.2) is 0 Å². The number of ether oxygens (including phenoxy) is 1. The molecule has 5 heteroatoms. The summed E-state index contributed by atoms with van der Waals surface area (Å²) in [6.45, 7) is 4.40. The molecule has 0 radical (unpaired) electrons. The predicted molar refractivity (Wildman–Crippen MR) is 144 cm³/mol. The third kappa shape index (κ3) is 4.63. The highest BCUT2D eigenvalue weighted by Gasteiger charge is 2.54. The lowest BCUT2D eigenvalue weighted by Gasteiger charge is -2.47. The zero-order chi connectivity index (χ0) is 25.4. The molecule has 1 spiro atoms. The molecule has 1 aliphatic carbocycles. The number of halogens is 1. The minimum atomic E-state index is -0.657. The molecule has 2 saturated heterocycles. The smallest absolute Gasteiger partial charge is 0.228 e. The molecule has 1 N–H and O–H groups in total. The van der Waals surface area contributed by atoms with E-state index in [1.165, 1.54) is 37.7 Å². The Balaban J connectivity index is 1.33. The van der Waals surface area contributed by atoms with Gasteiger partial charge in [0, 0.05) is 36.7 Å². The minimum absolute atomic E-state index is 0.00730. The number of piperidine rings is 1. The first-order valence-corrected chi connectivity index (χ1v) is 14.5. The van der Waals surface area contributed by atoms with Gasteiger partial charge in [-0.1, -0.05) is 61.7 Å².